The van der Waals surface area contributed by atoms with Crippen molar-refractivity contribution < 1.29 is 9.59 Å². The maximum absolute atomic E-state index is 11.8. The van der Waals surface area contributed by atoms with Crippen molar-refractivity contribution in [3.05, 3.63) is 17.8 Å². The summed E-state index contributed by atoms with van der Waals surface area (Å²) in [6, 6.07) is 2.01. The zero-order chi connectivity index (χ0) is 12.7. The number of Topliss-reactive ketones (excluding diaryl/α,β-unsaturated/α-hetero) is 1. The zero-order valence-corrected chi connectivity index (χ0v) is 9.85. The summed E-state index contributed by atoms with van der Waals surface area (Å²) in [7, 11) is 0. The molecule has 0 aliphatic carbocycles. The first-order chi connectivity index (χ1) is 8.66. The third kappa shape index (κ3) is 1.65. The summed E-state index contributed by atoms with van der Waals surface area (Å²) < 4.78 is 0. The van der Waals surface area contributed by atoms with Gasteiger partial charge in [-0.2, -0.15) is 0 Å². The molecule has 0 aromatic carbocycles. The van der Waals surface area contributed by atoms with Crippen molar-refractivity contribution in [2.75, 3.05) is 23.3 Å². The number of hydrogen-bond donors (Lipinski definition) is 2. The number of piperidine rings is 1. The van der Waals surface area contributed by atoms with Gasteiger partial charge in [-0.15, -0.1) is 0 Å². The van der Waals surface area contributed by atoms with E-state index in [1.165, 1.54) is 0 Å². The molecule has 2 aliphatic heterocycles. The Kier molecular flexibility index (Phi) is 2.52. The van der Waals surface area contributed by atoms with Crippen LogP contribution in [0.1, 0.15) is 23.2 Å². The topological polar surface area (TPSA) is 88.3 Å². The lowest BCUT2D eigenvalue weighted by Gasteiger charge is -2.32. The second-order valence-electron chi connectivity index (χ2n) is 4.66. The van der Waals surface area contributed by atoms with Crippen LogP contribution in [0.15, 0.2) is 12.3 Å². The predicted octanol–water partition coefficient (Wildman–Crippen LogP) is 0.144. The molecule has 0 radical (unpaired) electrons. The van der Waals surface area contributed by atoms with Gasteiger partial charge in [-0.05, 0) is 18.9 Å². The summed E-state index contributed by atoms with van der Waals surface area (Å²) in [6.45, 7) is 1.61. The molecule has 0 unspecified atom stereocenters. The summed E-state index contributed by atoms with van der Waals surface area (Å²) in [5.74, 6) is -0.723. The van der Waals surface area contributed by atoms with Crippen molar-refractivity contribution in [2.24, 2.45) is 5.73 Å². The van der Waals surface area contributed by atoms with Gasteiger partial charge in [-0.1, -0.05) is 0 Å². The first kappa shape index (κ1) is 11.2. The molecule has 2 aliphatic rings. The Balaban J connectivity index is 1.97. The van der Waals surface area contributed by atoms with Gasteiger partial charge in [0.05, 0.1) is 11.3 Å². The van der Waals surface area contributed by atoms with Crippen LogP contribution in [0.2, 0.25) is 0 Å². The van der Waals surface area contributed by atoms with Crippen LogP contribution >= 0.6 is 0 Å². The number of anilines is 2. The summed E-state index contributed by atoms with van der Waals surface area (Å²) in [5.41, 5.74) is 7.05. The standard InChI is InChI=1S/C12H14N4O2/c13-7-2-5-16(6-3-7)8-1-4-14-11-9(8)10(17)12(18)15-11/h1,4,7H,2-3,5-6,13H2,(H,14,15,17,18). The molecule has 0 bridgehead atoms. The molecular formula is C12H14N4O2. The maximum atomic E-state index is 11.8. The van der Waals surface area contributed by atoms with E-state index >= 15 is 0 Å². The predicted molar refractivity (Wildman–Crippen MR) is 66.6 cm³/mol. The van der Waals surface area contributed by atoms with E-state index in [1.807, 2.05) is 0 Å². The highest BCUT2D eigenvalue weighted by atomic mass is 16.2. The summed E-state index contributed by atoms with van der Waals surface area (Å²) in [6.07, 6.45) is 3.40. The van der Waals surface area contributed by atoms with Gasteiger partial charge in [-0.3, -0.25) is 9.59 Å². The average Bonchev–Trinajstić information content (AvgIpc) is 2.66. The maximum Gasteiger partial charge on any atom is 0.298 e. The smallest absolute Gasteiger partial charge is 0.298 e. The lowest BCUT2D eigenvalue weighted by atomic mass is 10.0. The molecule has 0 saturated carbocycles. The molecule has 1 amide bonds. The SMILES string of the molecule is NC1CCN(c2ccnc3c2C(=O)C(=O)N3)CC1. The minimum absolute atomic E-state index is 0.228. The van der Waals surface area contributed by atoms with Crippen molar-refractivity contribution in [3.63, 3.8) is 0 Å². The molecule has 3 heterocycles. The number of fused-ring (bicyclic) bond motifs is 1. The van der Waals surface area contributed by atoms with E-state index in [1.54, 1.807) is 12.3 Å². The number of nitrogens with zero attached hydrogens (tertiary/aromatic N) is 2. The van der Waals surface area contributed by atoms with Crippen LogP contribution in [-0.2, 0) is 4.79 Å². The van der Waals surface area contributed by atoms with E-state index in [9.17, 15) is 9.59 Å². The fourth-order valence-electron chi connectivity index (χ4n) is 2.45. The first-order valence-corrected chi connectivity index (χ1v) is 6.02. The van der Waals surface area contributed by atoms with Crippen LogP contribution in [0.25, 0.3) is 0 Å². The number of aromatic nitrogens is 1. The number of rotatable bonds is 1. The van der Waals surface area contributed by atoms with E-state index in [2.05, 4.69) is 15.2 Å². The lowest BCUT2D eigenvalue weighted by Crippen LogP contribution is -2.40. The van der Waals surface area contributed by atoms with Crippen molar-refractivity contribution in [1.29, 1.82) is 0 Å². The lowest BCUT2D eigenvalue weighted by molar-refractivity contribution is -0.112. The molecular weight excluding hydrogens is 232 g/mol. The van der Waals surface area contributed by atoms with Crippen LogP contribution in [0.5, 0.6) is 0 Å². The molecule has 6 nitrogen and oxygen atoms in total. The summed E-state index contributed by atoms with van der Waals surface area (Å²) in [4.78, 5) is 29.3. The average molecular weight is 246 g/mol. The number of amides is 1. The van der Waals surface area contributed by atoms with Gasteiger partial charge in [-0.25, -0.2) is 4.98 Å². The summed E-state index contributed by atoms with van der Waals surface area (Å²) >= 11 is 0. The largest absolute Gasteiger partial charge is 0.371 e. The van der Waals surface area contributed by atoms with Crippen LogP contribution in [-0.4, -0.2) is 35.8 Å². The second kappa shape index (κ2) is 4.06. The molecule has 0 atom stereocenters. The Morgan fingerprint density at radius 1 is 1.33 bits per heavy atom. The molecule has 3 rings (SSSR count). The Morgan fingerprint density at radius 3 is 2.78 bits per heavy atom. The Hall–Kier alpha value is -1.95. The van der Waals surface area contributed by atoms with Gasteiger partial charge < -0.3 is 16.0 Å². The highest BCUT2D eigenvalue weighted by Gasteiger charge is 2.33. The molecule has 1 aromatic heterocycles. The number of carbonyl (C=O) groups is 2. The normalized spacial score (nSPS) is 19.9. The molecule has 0 spiro atoms. The van der Waals surface area contributed by atoms with Gasteiger partial charge in [0.15, 0.2) is 0 Å². The van der Waals surface area contributed by atoms with Crippen LogP contribution in [0.3, 0.4) is 0 Å². The molecule has 6 heteroatoms. The molecule has 1 aromatic rings. The van der Waals surface area contributed by atoms with E-state index < -0.39 is 11.7 Å². The van der Waals surface area contributed by atoms with E-state index in [0.29, 0.717) is 11.4 Å². The zero-order valence-electron chi connectivity index (χ0n) is 9.85. The second-order valence-corrected chi connectivity index (χ2v) is 4.66. The van der Waals surface area contributed by atoms with Crippen molar-refractivity contribution in [2.45, 2.75) is 18.9 Å². The molecule has 1 fully saturated rings. The Labute approximate surface area is 104 Å². The highest BCUT2D eigenvalue weighted by molar-refractivity contribution is 6.52. The Bertz CT molecular complexity index is 521. The number of ketones is 1. The van der Waals surface area contributed by atoms with E-state index in [0.717, 1.165) is 31.6 Å². The van der Waals surface area contributed by atoms with Gasteiger partial charge in [0, 0.05) is 25.3 Å². The van der Waals surface area contributed by atoms with E-state index in [4.69, 9.17) is 5.73 Å². The number of carbonyl (C=O) groups excluding carboxylic acids is 2. The van der Waals surface area contributed by atoms with Crippen LogP contribution in [0.4, 0.5) is 11.5 Å². The quantitative estimate of drug-likeness (QED) is 0.688. The minimum atomic E-state index is -0.598. The van der Waals surface area contributed by atoms with Crippen LogP contribution in [0, 0.1) is 0 Å². The number of hydrogen-bond acceptors (Lipinski definition) is 5. The van der Waals surface area contributed by atoms with E-state index in [-0.39, 0.29) is 6.04 Å². The highest BCUT2D eigenvalue weighted by Crippen LogP contribution is 2.31. The minimum Gasteiger partial charge on any atom is -0.371 e. The number of nitrogens with one attached hydrogen (secondary N) is 1. The Morgan fingerprint density at radius 2 is 2.06 bits per heavy atom. The fourth-order valence-corrected chi connectivity index (χ4v) is 2.45. The van der Waals surface area contributed by atoms with Crippen molar-refractivity contribution >= 4 is 23.2 Å². The fraction of sp³-hybridized carbons (Fsp3) is 0.417. The third-order valence-corrected chi connectivity index (χ3v) is 3.47. The number of pyridine rings is 1. The van der Waals surface area contributed by atoms with Gasteiger partial charge in [0.1, 0.15) is 5.82 Å². The van der Waals surface area contributed by atoms with Gasteiger partial charge >= 0.3 is 0 Å². The summed E-state index contributed by atoms with van der Waals surface area (Å²) in [5, 5.41) is 2.48. The van der Waals surface area contributed by atoms with Gasteiger partial charge in [0.2, 0.25) is 0 Å². The van der Waals surface area contributed by atoms with Crippen molar-refractivity contribution in [3.8, 4) is 0 Å². The van der Waals surface area contributed by atoms with Crippen LogP contribution < -0.4 is 16.0 Å². The third-order valence-electron chi connectivity index (χ3n) is 3.47. The molecule has 3 N–H and O–H groups in total. The molecule has 18 heavy (non-hydrogen) atoms. The first-order valence-electron chi connectivity index (χ1n) is 6.02. The molecule has 94 valence electrons. The van der Waals surface area contributed by atoms with Crippen molar-refractivity contribution in [1.82, 2.24) is 4.98 Å². The van der Waals surface area contributed by atoms with Gasteiger partial charge in [0.25, 0.3) is 11.7 Å². The number of nitrogens with two attached hydrogens (primary N) is 1. The molecule has 1 saturated heterocycles. The monoisotopic (exact) mass is 246 g/mol.